The van der Waals surface area contributed by atoms with E-state index < -0.39 is 76.8 Å². The van der Waals surface area contributed by atoms with Crippen LogP contribution in [0.1, 0.15) is 65.0 Å². The van der Waals surface area contributed by atoms with Gasteiger partial charge in [0, 0.05) is 27.6 Å². The van der Waals surface area contributed by atoms with Gasteiger partial charge in [-0.25, -0.2) is 0 Å². The molecule has 10 rings (SSSR count). The largest absolute Gasteiger partial charge is 0.456 e. The van der Waals surface area contributed by atoms with Crippen LogP contribution in [0.4, 0.5) is 17.1 Å². The summed E-state index contributed by atoms with van der Waals surface area (Å²) in [7, 11) is 0. The van der Waals surface area contributed by atoms with Crippen LogP contribution < -0.4 is 4.90 Å². The molecule has 2 aliphatic rings. The van der Waals surface area contributed by atoms with Crippen molar-refractivity contribution in [2.24, 2.45) is 0 Å². The maximum atomic E-state index is 9.71. The fourth-order valence-electron chi connectivity index (χ4n) is 8.18. The van der Waals surface area contributed by atoms with Gasteiger partial charge in [-0.15, -0.1) is 0 Å². The first-order valence-electron chi connectivity index (χ1n) is 22.2. The summed E-state index contributed by atoms with van der Waals surface area (Å²) in [5, 5.41) is -0.0261. The summed E-state index contributed by atoms with van der Waals surface area (Å²) >= 11 is 0. The normalized spacial score (nSPS) is 17.8. The Kier molecular flexibility index (Phi) is 4.12. The predicted molar refractivity (Wildman–Crippen MR) is 209 cm³/mol. The first kappa shape index (κ1) is 20.0. The van der Waals surface area contributed by atoms with Gasteiger partial charge in [0.2, 0.25) is 0 Å². The van der Waals surface area contributed by atoms with Crippen LogP contribution in [0.5, 0.6) is 0 Å². The number of nitrogens with zero attached hydrogens (tertiary/aromatic N) is 1. The molecular formula is C48H37NO. The highest BCUT2D eigenvalue weighted by Crippen LogP contribution is 2.54. The molecule has 50 heavy (non-hydrogen) atoms. The van der Waals surface area contributed by atoms with Crippen molar-refractivity contribution in [1.82, 2.24) is 0 Å². The van der Waals surface area contributed by atoms with Crippen LogP contribution in [0, 0.1) is 0 Å². The van der Waals surface area contributed by atoms with Gasteiger partial charge < -0.3 is 9.32 Å². The average Bonchev–Trinajstić information content (AvgIpc) is 3.84. The summed E-state index contributed by atoms with van der Waals surface area (Å²) in [6, 6.07) is 22.6. The average molecular weight is 655 g/mol. The van der Waals surface area contributed by atoms with Gasteiger partial charge in [0.15, 0.2) is 0 Å². The Hall–Kier alpha value is -5.86. The van der Waals surface area contributed by atoms with Gasteiger partial charge in [0.05, 0.1) is 26.2 Å². The molecule has 0 saturated heterocycles. The maximum Gasteiger partial charge on any atom is 0.137 e. The van der Waals surface area contributed by atoms with Crippen LogP contribution in [0.2, 0.25) is 0 Å². The zero-order valence-electron chi connectivity index (χ0n) is 38.9. The molecule has 0 aliphatic heterocycles. The molecule has 2 nitrogen and oxygen atoms in total. The van der Waals surface area contributed by atoms with Crippen molar-refractivity contribution < 1.29 is 19.5 Å². The summed E-state index contributed by atoms with van der Waals surface area (Å²) in [6.45, 7) is 8.65. The second-order valence-corrected chi connectivity index (χ2v) is 14.1. The number of hydrogen-bond donors (Lipinski definition) is 0. The van der Waals surface area contributed by atoms with Crippen LogP contribution >= 0.6 is 0 Å². The van der Waals surface area contributed by atoms with Crippen molar-refractivity contribution in [2.45, 2.75) is 38.5 Å². The lowest BCUT2D eigenvalue weighted by molar-refractivity contribution is 0.660. The van der Waals surface area contributed by atoms with Gasteiger partial charge in [-0.3, -0.25) is 0 Å². The van der Waals surface area contributed by atoms with Crippen LogP contribution in [0.3, 0.4) is 0 Å². The van der Waals surface area contributed by atoms with E-state index in [0.717, 1.165) is 44.5 Å². The molecule has 0 unspecified atom stereocenters. The lowest BCUT2D eigenvalue weighted by atomic mass is 9.82. The van der Waals surface area contributed by atoms with E-state index >= 15 is 0 Å². The lowest BCUT2D eigenvalue weighted by Crippen LogP contribution is -2.18. The zero-order valence-corrected chi connectivity index (χ0v) is 27.9. The van der Waals surface area contributed by atoms with Crippen LogP contribution in [-0.2, 0) is 10.8 Å². The van der Waals surface area contributed by atoms with E-state index in [1.165, 1.54) is 0 Å². The summed E-state index contributed by atoms with van der Waals surface area (Å²) in [5.74, 6) is 0. The Morgan fingerprint density at radius 1 is 0.520 bits per heavy atom. The monoisotopic (exact) mass is 654 g/mol. The Morgan fingerprint density at radius 3 is 1.72 bits per heavy atom. The highest BCUT2D eigenvalue weighted by molar-refractivity contribution is 6.14. The lowest BCUT2D eigenvalue weighted by Gasteiger charge is -2.30. The SMILES string of the molecule is [2H]c1c([2H])c([2H])c(-c2c([2H])c([2H])c3oc4c([2H])c([2H])c([2H])c(N(c5ccc6c(c5)C(C)(C)c5ccccc5-6)c5ccc6c(c5)C(C)(C)c5ccccc5-6)c4c3c2[2H])c([2H])c1[2H]. The Morgan fingerprint density at radius 2 is 1.10 bits per heavy atom. The fourth-order valence-corrected chi connectivity index (χ4v) is 8.18. The quantitative estimate of drug-likeness (QED) is 0.188. The number of anilines is 3. The van der Waals surface area contributed by atoms with Crippen molar-refractivity contribution in [3.63, 3.8) is 0 Å². The minimum atomic E-state index is -0.658. The highest BCUT2D eigenvalue weighted by atomic mass is 16.3. The van der Waals surface area contributed by atoms with Crippen LogP contribution in [0.15, 0.2) is 156 Å². The highest BCUT2D eigenvalue weighted by Gasteiger charge is 2.38. The smallest absolute Gasteiger partial charge is 0.137 e. The van der Waals surface area contributed by atoms with Gasteiger partial charge in [-0.2, -0.15) is 0 Å². The molecule has 2 heteroatoms. The summed E-state index contributed by atoms with van der Waals surface area (Å²) in [6.07, 6.45) is 0. The Labute approximate surface area is 308 Å². The summed E-state index contributed by atoms with van der Waals surface area (Å²) in [4.78, 5) is 1.84. The molecule has 2 aliphatic carbocycles. The first-order chi connectivity index (χ1) is 28.9. The third-order valence-electron chi connectivity index (χ3n) is 10.7. The first-order valence-corrected chi connectivity index (χ1v) is 16.7. The molecule has 7 aromatic carbocycles. The predicted octanol–water partition coefficient (Wildman–Crippen LogP) is 13.3. The molecule has 0 fully saturated rings. The number of benzene rings is 7. The van der Waals surface area contributed by atoms with Crippen molar-refractivity contribution in [2.75, 3.05) is 4.90 Å². The van der Waals surface area contributed by atoms with E-state index in [0.29, 0.717) is 11.4 Å². The van der Waals surface area contributed by atoms with Gasteiger partial charge in [0.1, 0.15) is 11.2 Å². The molecule has 0 bridgehead atoms. The van der Waals surface area contributed by atoms with Crippen molar-refractivity contribution >= 4 is 39.0 Å². The second kappa shape index (κ2) is 10.3. The summed E-state index contributed by atoms with van der Waals surface area (Å²) < 4.78 is 105. The van der Waals surface area contributed by atoms with E-state index in [4.69, 9.17) is 15.4 Å². The van der Waals surface area contributed by atoms with Crippen molar-refractivity contribution in [1.29, 1.82) is 0 Å². The molecule has 1 aromatic heterocycles. The molecule has 0 saturated carbocycles. The topological polar surface area (TPSA) is 16.4 Å². The number of hydrogen-bond acceptors (Lipinski definition) is 2. The van der Waals surface area contributed by atoms with Crippen molar-refractivity contribution in [3.05, 3.63) is 174 Å². The fraction of sp³-hybridized carbons (Fsp3) is 0.125. The Balaban J connectivity index is 1.34. The van der Waals surface area contributed by atoms with E-state index in [1.807, 2.05) is 53.4 Å². The van der Waals surface area contributed by atoms with Crippen LogP contribution in [0.25, 0.3) is 55.3 Å². The third-order valence-corrected chi connectivity index (χ3v) is 10.7. The number of rotatable bonds is 4. The minimum absolute atomic E-state index is 0.0548. The second-order valence-electron chi connectivity index (χ2n) is 14.1. The zero-order chi connectivity index (χ0) is 43.3. The molecule has 0 spiro atoms. The van der Waals surface area contributed by atoms with Gasteiger partial charge >= 0.3 is 0 Å². The van der Waals surface area contributed by atoms with Gasteiger partial charge in [0.25, 0.3) is 0 Å². The third kappa shape index (κ3) is 4.02. The summed E-state index contributed by atoms with van der Waals surface area (Å²) in [5.41, 5.74) is 8.00. The van der Waals surface area contributed by atoms with E-state index in [2.05, 4.69) is 64.1 Å². The van der Waals surface area contributed by atoms with E-state index in [9.17, 15) is 4.11 Å². The molecule has 0 amide bonds. The molecule has 0 radical (unpaired) electrons. The number of fused-ring (bicyclic) bond motifs is 9. The van der Waals surface area contributed by atoms with E-state index in [1.54, 1.807) is 0 Å². The number of furan rings is 1. The standard InChI is InChI=1S/C48H37NO/c1-47(2)39-17-10-8-15-34(39)36-24-22-32(28-41(36)47)49(33-23-25-37-35-16-9-11-18-40(35)48(3,4)42(37)29-33)43-19-12-20-45-46(43)38-27-31(21-26-44(38)50-45)30-13-6-5-7-14-30/h5-29H,1-4H3/i5D,6D,7D,12D,13D,14D,19D,20D,21D,26D,27D. The van der Waals surface area contributed by atoms with Crippen molar-refractivity contribution in [3.8, 4) is 33.4 Å². The molecule has 1 heterocycles. The molecule has 240 valence electrons. The van der Waals surface area contributed by atoms with Gasteiger partial charge in [-0.05, 0) is 104 Å². The minimum Gasteiger partial charge on any atom is -0.456 e. The van der Waals surface area contributed by atoms with Crippen LogP contribution in [-0.4, -0.2) is 0 Å². The molecule has 0 atom stereocenters. The van der Waals surface area contributed by atoms with Gasteiger partial charge in [-0.1, -0.05) is 131 Å². The molecule has 0 N–H and O–H groups in total. The molecular weight excluding hydrogens is 607 g/mol. The Bertz CT molecular complexity index is 3160. The maximum absolute atomic E-state index is 9.71. The van der Waals surface area contributed by atoms with E-state index in [-0.39, 0.29) is 39.2 Å². The molecule has 8 aromatic rings.